The Hall–Kier alpha value is -6.53. The molecule has 5 heteroatoms. The first-order valence-corrected chi connectivity index (χ1v) is 19.8. The molecule has 0 fully saturated rings. The van der Waals surface area contributed by atoms with Crippen LogP contribution in [-0.4, -0.2) is 9.97 Å². The second kappa shape index (κ2) is 13.8. The van der Waals surface area contributed by atoms with E-state index < -0.39 is 0 Å². The fraction of sp³-hybridized carbons (Fsp3) is 0. The van der Waals surface area contributed by atoms with Gasteiger partial charge in [0.15, 0.2) is 0 Å². The monoisotopic (exact) mass is 727 g/mol. The van der Waals surface area contributed by atoms with Gasteiger partial charge in [0, 0.05) is 37.3 Å². The van der Waals surface area contributed by atoms with Gasteiger partial charge in [-0.25, -0.2) is 4.98 Å². The molecule has 256 valence electrons. The van der Waals surface area contributed by atoms with Crippen LogP contribution in [0.3, 0.4) is 0 Å². The predicted molar refractivity (Wildman–Crippen MR) is 231 cm³/mol. The van der Waals surface area contributed by atoms with Crippen LogP contribution in [0.4, 0.5) is 17.2 Å². The number of fused-ring (bicyclic) bond motifs is 3. The largest absolute Gasteiger partial charge is 0.353 e. The number of hydrogen-bond donors (Lipinski definition) is 1. The summed E-state index contributed by atoms with van der Waals surface area (Å²) in [5.74, 6) is 0.840. The number of pyridine rings is 1. The van der Waals surface area contributed by atoms with Crippen LogP contribution in [0.15, 0.2) is 193 Å². The van der Waals surface area contributed by atoms with Gasteiger partial charge in [-0.3, -0.25) is 4.90 Å². The number of anilines is 3. The predicted octanol–water partition coefficient (Wildman–Crippen LogP) is 14.6. The van der Waals surface area contributed by atoms with Crippen LogP contribution >= 0.6 is 22.7 Å². The number of aromatic amines is 1. The molecule has 0 spiro atoms. The van der Waals surface area contributed by atoms with Gasteiger partial charge in [-0.1, -0.05) is 103 Å². The average Bonchev–Trinajstić information content (AvgIpc) is 4.05. The lowest BCUT2D eigenvalue weighted by Crippen LogP contribution is -2.12. The van der Waals surface area contributed by atoms with Gasteiger partial charge in [0.1, 0.15) is 5.82 Å². The van der Waals surface area contributed by atoms with Crippen LogP contribution in [0.1, 0.15) is 0 Å². The van der Waals surface area contributed by atoms with Gasteiger partial charge in [0.25, 0.3) is 0 Å². The van der Waals surface area contributed by atoms with E-state index in [0.717, 1.165) is 50.6 Å². The molecule has 3 nitrogen and oxygen atoms in total. The third-order valence-corrected chi connectivity index (χ3v) is 11.8. The summed E-state index contributed by atoms with van der Waals surface area (Å²) in [6.45, 7) is 0. The molecule has 4 aromatic heterocycles. The fourth-order valence-electron chi connectivity index (χ4n) is 7.39. The molecular formula is C49H33N3S2. The summed E-state index contributed by atoms with van der Waals surface area (Å²) >= 11 is 3.53. The van der Waals surface area contributed by atoms with Crippen molar-refractivity contribution in [2.45, 2.75) is 0 Å². The van der Waals surface area contributed by atoms with Gasteiger partial charge in [-0.2, -0.15) is 0 Å². The van der Waals surface area contributed by atoms with Crippen molar-refractivity contribution >= 4 is 61.7 Å². The number of aromatic nitrogens is 2. The second-order valence-corrected chi connectivity index (χ2v) is 15.2. The molecule has 0 unspecified atom stereocenters. The standard InChI is InChI=1S/C49H33N3S2/c1-4-13-33(14-5-1)36-27-37(34-15-6-2-7-16-34)29-38(28-36)43-19-10-22-48(50-43)52(40-17-8-3-9-18-40)45-32-39(47-21-12-26-54-47)31-42-41-30-35(46-20-11-25-53-46)23-24-44(41)51-49(42)45/h1-32,51H. The summed E-state index contributed by atoms with van der Waals surface area (Å²) in [6.07, 6.45) is 0. The summed E-state index contributed by atoms with van der Waals surface area (Å²) in [7, 11) is 0. The Morgan fingerprint density at radius 3 is 1.69 bits per heavy atom. The number of para-hydroxylation sites is 1. The zero-order chi connectivity index (χ0) is 35.8. The van der Waals surface area contributed by atoms with Crippen LogP contribution in [0.2, 0.25) is 0 Å². The van der Waals surface area contributed by atoms with Gasteiger partial charge in [0.2, 0.25) is 0 Å². The van der Waals surface area contributed by atoms with E-state index in [2.05, 4.69) is 203 Å². The Morgan fingerprint density at radius 1 is 0.426 bits per heavy atom. The van der Waals surface area contributed by atoms with E-state index in [-0.39, 0.29) is 0 Å². The number of hydrogen-bond acceptors (Lipinski definition) is 4. The highest BCUT2D eigenvalue weighted by molar-refractivity contribution is 7.13. The van der Waals surface area contributed by atoms with Gasteiger partial charge < -0.3 is 4.98 Å². The highest BCUT2D eigenvalue weighted by Gasteiger charge is 2.22. The van der Waals surface area contributed by atoms with Crippen molar-refractivity contribution in [3.63, 3.8) is 0 Å². The molecule has 1 N–H and O–H groups in total. The summed E-state index contributed by atoms with van der Waals surface area (Å²) in [5, 5.41) is 6.68. The van der Waals surface area contributed by atoms with E-state index in [4.69, 9.17) is 4.98 Å². The smallest absolute Gasteiger partial charge is 0.138 e. The maximum Gasteiger partial charge on any atom is 0.138 e. The van der Waals surface area contributed by atoms with E-state index in [1.54, 1.807) is 22.7 Å². The van der Waals surface area contributed by atoms with Crippen molar-refractivity contribution in [2.75, 3.05) is 4.90 Å². The van der Waals surface area contributed by atoms with E-state index in [1.807, 2.05) is 0 Å². The number of nitrogens with zero attached hydrogens (tertiary/aromatic N) is 2. The zero-order valence-corrected chi connectivity index (χ0v) is 30.8. The van der Waals surface area contributed by atoms with Crippen molar-refractivity contribution < 1.29 is 0 Å². The number of nitrogens with one attached hydrogen (secondary N) is 1. The average molecular weight is 728 g/mol. The Kier molecular flexibility index (Phi) is 8.21. The van der Waals surface area contributed by atoms with Crippen molar-refractivity contribution in [1.29, 1.82) is 0 Å². The lowest BCUT2D eigenvalue weighted by atomic mass is 9.95. The normalized spacial score (nSPS) is 11.3. The second-order valence-electron chi connectivity index (χ2n) is 13.3. The third kappa shape index (κ3) is 6.00. The lowest BCUT2D eigenvalue weighted by molar-refractivity contribution is 1.19. The van der Waals surface area contributed by atoms with E-state index in [9.17, 15) is 0 Å². The Balaban J connectivity index is 1.19. The van der Waals surface area contributed by atoms with Crippen LogP contribution in [0.25, 0.3) is 76.2 Å². The van der Waals surface area contributed by atoms with E-state index >= 15 is 0 Å². The first-order chi connectivity index (χ1) is 26.7. The topological polar surface area (TPSA) is 31.9 Å². The lowest BCUT2D eigenvalue weighted by Gasteiger charge is -2.26. The molecule has 10 rings (SSSR count). The van der Waals surface area contributed by atoms with Crippen LogP contribution in [0.5, 0.6) is 0 Å². The first kappa shape index (κ1) is 32.1. The molecule has 0 bridgehead atoms. The minimum absolute atomic E-state index is 0.840. The molecule has 54 heavy (non-hydrogen) atoms. The third-order valence-electron chi connectivity index (χ3n) is 9.96. The van der Waals surface area contributed by atoms with Crippen LogP contribution in [0, 0.1) is 0 Å². The molecule has 0 atom stereocenters. The molecule has 0 aliphatic heterocycles. The van der Waals surface area contributed by atoms with Gasteiger partial charge >= 0.3 is 0 Å². The SMILES string of the molecule is c1ccc(-c2cc(-c3ccccc3)cc(-c3cccc(N(c4ccccc4)c4cc(-c5cccs5)cc5c4[nH]c4ccc(-c6cccs6)cc45)n3)c2)cc1. The summed E-state index contributed by atoms with van der Waals surface area (Å²) < 4.78 is 0. The van der Waals surface area contributed by atoms with Gasteiger partial charge in [-0.05, 0) is 123 Å². The fourth-order valence-corrected chi connectivity index (χ4v) is 8.83. The molecule has 6 aromatic carbocycles. The number of thiophene rings is 2. The summed E-state index contributed by atoms with van der Waals surface area (Å²) in [4.78, 5) is 14.1. The Bertz CT molecular complexity index is 2800. The molecule has 0 radical (unpaired) electrons. The minimum Gasteiger partial charge on any atom is -0.353 e. The maximum absolute atomic E-state index is 5.48. The number of H-pyrrole nitrogens is 1. The first-order valence-electron chi connectivity index (χ1n) is 18.0. The molecule has 0 amide bonds. The summed E-state index contributed by atoms with van der Waals surface area (Å²) in [6, 6.07) is 65.0. The molecule has 10 aromatic rings. The Morgan fingerprint density at radius 2 is 1.04 bits per heavy atom. The van der Waals surface area contributed by atoms with Gasteiger partial charge in [0.05, 0.1) is 16.9 Å². The highest BCUT2D eigenvalue weighted by atomic mass is 32.1. The van der Waals surface area contributed by atoms with Crippen molar-refractivity contribution in [3.05, 3.63) is 193 Å². The zero-order valence-electron chi connectivity index (χ0n) is 29.2. The molecule has 4 heterocycles. The van der Waals surface area contributed by atoms with Crippen molar-refractivity contribution in [2.24, 2.45) is 0 Å². The molecular weight excluding hydrogens is 695 g/mol. The van der Waals surface area contributed by atoms with Crippen LogP contribution < -0.4 is 4.90 Å². The Labute approximate surface area is 322 Å². The van der Waals surface area contributed by atoms with Crippen LogP contribution in [-0.2, 0) is 0 Å². The van der Waals surface area contributed by atoms with Gasteiger partial charge in [-0.15, -0.1) is 22.7 Å². The quantitative estimate of drug-likeness (QED) is 0.169. The minimum atomic E-state index is 0.840. The molecule has 0 saturated heterocycles. The van der Waals surface area contributed by atoms with Crippen molar-refractivity contribution in [3.8, 4) is 54.4 Å². The molecule has 0 aliphatic rings. The van der Waals surface area contributed by atoms with Crippen molar-refractivity contribution in [1.82, 2.24) is 9.97 Å². The summed E-state index contributed by atoms with van der Waals surface area (Å²) in [5.41, 5.74) is 13.3. The molecule has 0 aliphatic carbocycles. The molecule has 0 saturated carbocycles. The maximum atomic E-state index is 5.48. The number of benzene rings is 6. The number of rotatable bonds is 8. The van der Waals surface area contributed by atoms with E-state index in [1.165, 1.54) is 42.8 Å². The van der Waals surface area contributed by atoms with E-state index in [0.29, 0.717) is 0 Å². The highest BCUT2D eigenvalue weighted by Crippen LogP contribution is 2.44.